The monoisotopic (exact) mass is 467 g/mol. The molecule has 2 rings (SSSR count). The Morgan fingerprint density at radius 3 is 2.35 bits per heavy atom. The van der Waals surface area contributed by atoms with E-state index in [4.69, 9.17) is 0 Å². The lowest BCUT2D eigenvalue weighted by Gasteiger charge is -2.12. The van der Waals surface area contributed by atoms with Crippen molar-refractivity contribution in [2.75, 3.05) is 6.54 Å². The van der Waals surface area contributed by atoms with Crippen molar-refractivity contribution in [3.63, 3.8) is 0 Å². The van der Waals surface area contributed by atoms with Gasteiger partial charge in [0.25, 0.3) is 0 Å². The smallest absolute Gasteiger partial charge is 0.240 e. The predicted molar refractivity (Wildman–Crippen MR) is 119 cm³/mol. The summed E-state index contributed by atoms with van der Waals surface area (Å²) >= 11 is 0. The Balaban J connectivity index is 1.90. The quantitative estimate of drug-likeness (QED) is 0.493. The molecule has 8 nitrogen and oxygen atoms in total. The van der Waals surface area contributed by atoms with Gasteiger partial charge in [-0.1, -0.05) is 24.3 Å². The number of rotatable bonds is 10. The second-order valence-electron chi connectivity index (χ2n) is 7.62. The Bertz CT molecular complexity index is 1140. The zero-order valence-electron chi connectivity index (χ0n) is 18.1. The van der Waals surface area contributed by atoms with Crippen molar-refractivity contribution < 1.29 is 21.6 Å². The van der Waals surface area contributed by atoms with Crippen LogP contribution in [0, 0.1) is 13.8 Å². The standard InChI is InChI=1S/C21H29N3O5S2/c1-15(2)24-30(26,27)19-7-5-6-18(13-19)14-22-21(25)10-11-23-31(28,29)20-12-16(3)8-9-17(20)4/h5-9,12-13,15,23-24H,10-11,14H2,1-4H3,(H,22,25). The van der Waals surface area contributed by atoms with Crippen molar-refractivity contribution >= 4 is 26.0 Å². The van der Waals surface area contributed by atoms with E-state index in [2.05, 4.69) is 14.8 Å². The summed E-state index contributed by atoms with van der Waals surface area (Å²) < 4.78 is 54.4. The van der Waals surface area contributed by atoms with Crippen molar-refractivity contribution in [1.82, 2.24) is 14.8 Å². The third-order valence-corrected chi connectivity index (χ3v) is 7.63. The van der Waals surface area contributed by atoms with Gasteiger partial charge >= 0.3 is 0 Å². The van der Waals surface area contributed by atoms with Gasteiger partial charge in [-0.25, -0.2) is 26.3 Å². The minimum Gasteiger partial charge on any atom is -0.352 e. The van der Waals surface area contributed by atoms with Gasteiger partial charge in [0.2, 0.25) is 26.0 Å². The van der Waals surface area contributed by atoms with Gasteiger partial charge in [0.1, 0.15) is 0 Å². The molecule has 0 aliphatic rings. The van der Waals surface area contributed by atoms with Crippen LogP contribution >= 0.6 is 0 Å². The second-order valence-corrected chi connectivity index (χ2v) is 11.1. The van der Waals surface area contributed by atoms with Crippen LogP contribution in [-0.4, -0.2) is 35.3 Å². The number of hydrogen-bond donors (Lipinski definition) is 3. The van der Waals surface area contributed by atoms with E-state index in [-0.39, 0.29) is 41.3 Å². The molecule has 0 aliphatic heterocycles. The zero-order chi connectivity index (χ0) is 23.2. The summed E-state index contributed by atoms with van der Waals surface area (Å²) in [7, 11) is -7.34. The van der Waals surface area contributed by atoms with E-state index in [1.165, 1.54) is 12.1 Å². The molecule has 0 radical (unpaired) electrons. The van der Waals surface area contributed by atoms with Crippen molar-refractivity contribution in [3.05, 3.63) is 59.2 Å². The van der Waals surface area contributed by atoms with E-state index in [0.717, 1.165) is 5.56 Å². The van der Waals surface area contributed by atoms with Gasteiger partial charge in [-0.2, -0.15) is 0 Å². The molecule has 0 unspecified atom stereocenters. The van der Waals surface area contributed by atoms with Crippen LogP contribution in [0.4, 0.5) is 0 Å². The Labute approximate surface area is 184 Å². The first kappa shape index (κ1) is 25.0. The summed E-state index contributed by atoms with van der Waals surface area (Å²) in [5.74, 6) is -0.350. The number of amides is 1. The van der Waals surface area contributed by atoms with Crippen LogP contribution in [0.3, 0.4) is 0 Å². The summed E-state index contributed by atoms with van der Waals surface area (Å²) in [6.07, 6.45) is -0.0447. The second kappa shape index (κ2) is 10.4. The van der Waals surface area contributed by atoms with Crippen LogP contribution in [0.5, 0.6) is 0 Å². The molecule has 2 aromatic carbocycles. The molecule has 0 heterocycles. The van der Waals surface area contributed by atoms with Crippen LogP contribution in [-0.2, 0) is 31.4 Å². The lowest BCUT2D eigenvalue weighted by molar-refractivity contribution is -0.121. The average molecular weight is 468 g/mol. The molecule has 0 fully saturated rings. The maximum absolute atomic E-state index is 12.5. The van der Waals surface area contributed by atoms with E-state index in [9.17, 15) is 21.6 Å². The molecule has 0 bridgehead atoms. The van der Waals surface area contributed by atoms with Crippen LogP contribution in [0.25, 0.3) is 0 Å². The third kappa shape index (κ3) is 7.42. The van der Waals surface area contributed by atoms with Crippen LogP contribution in [0.2, 0.25) is 0 Å². The summed E-state index contributed by atoms with van der Waals surface area (Å²) in [6.45, 7) is 7.07. The Morgan fingerprint density at radius 1 is 0.968 bits per heavy atom. The summed E-state index contributed by atoms with van der Waals surface area (Å²) in [5, 5.41) is 2.68. The Hall–Kier alpha value is -2.27. The minimum atomic E-state index is -3.71. The van der Waals surface area contributed by atoms with Gasteiger partial charge in [-0.3, -0.25) is 4.79 Å². The number of carbonyl (C=O) groups is 1. The number of benzene rings is 2. The van der Waals surface area contributed by atoms with Gasteiger partial charge in [0.15, 0.2) is 0 Å². The molecule has 0 saturated heterocycles. The van der Waals surface area contributed by atoms with Crippen molar-refractivity contribution in [3.8, 4) is 0 Å². The third-order valence-electron chi connectivity index (χ3n) is 4.37. The lowest BCUT2D eigenvalue weighted by atomic mass is 10.2. The molecule has 0 spiro atoms. The van der Waals surface area contributed by atoms with E-state index in [1.807, 2.05) is 13.0 Å². The van der Waals surface area contributed by atoms with Gasteiger partial charge < -0.3 is 5.32 Å². The first-order valence-electron chi connectivity index (χ1n) is 9.85. The normalized spacial score (nSPS) is 12.2. The molecular weight excluding hydrogens is 438 g/mol. The van der Waals surface area contributed by atoms with Crippen LogP contribution in [0.1, 0.15) is 37.0 Å². The van der Waals surface area contributed by atoms with E-state index < -0.39 is 20.0 Å². The first-order valence-corrected chi connectivity index (χ1v) is 12.8. The highest BCUT2D eigenvalue weighted by molar-refractivity contribution is 7.89. The molecule has 2 aromatic rings. The molecule has 31 heavy (non-hydrogen) atoms. The number of nitrogens with one attached hydrogen (secondary N) is 3. The van der Waals surface area contributed by atoms with Crippen molar-refractivity contribution in [1.29, 1.82) is 0 Å². The molecular formula is C21H29N3O5S2. The number of hydrogen-bond acceptors (Lipinski definition) is 5. The molecule has 10 heteroatoms. The van der Waals surface area contributed by atoms with Crippen molar-refractivity contribution in [2.24, 2.45) is 0 Å². The molecule has 170 valence electrons. The zero-order valence-corrected chi connectivity index (χ0v) is 19.7. The van der Waals surface area contributed by atoms with E-state index >= 15 is 0 Å². The fourth-order valence-electron chi connectivity index (χ4n) is 2.86. The van der Waals surface area contributed by atoms with Gasteiger partial charge in [-0.05, 0) is 62.6 Å². The maximum atomic E-state index is 12.5. The number of aryl methyl sites for hydroxylation is 2. The van der Waals surface area contributed by atoms with Gasteiger partial charge in [0.05, 0.1) is 9.79 Å². The largest absolute Gasteiger partial charge is 0.352 e. The van der Waals surface area contributed by atoms with Crippen LogP contribution in [0.15, 0.2) is 52.3 Å². The van der Waals surface area contributed by atoms with Gasteiger partial charge in [-0.15, -0.1) is 0 Å². The topological polar surface area (TPSA) is 121 Å². The summed E-state index contributed by atoms with van der Waals surface area (Å²) in [4.78, 5) is 12.4. The highest BCUT2D eigenvalue weighted by atomic mass is 32.2. The summed E-state index contributed by atoms with van der Waals surface area (Å²) in [5.41, 5.74) is 2.08. The Kier molecular flexibility index (Phi) is 8.35. The molecule has 0 saturated carbocycles. The number of sulfonamides is 2. The fourth-order valence-corrected chi connectivity index (χ4v) is 5.54. The van der Waals surface area contributed by atoms with Gasteiger partial charge in [0, 0.05) is 25.6 Å². The molecule has 0 atom stereocenters. The molecule has 1 amide bonds. The van der Waals surface area contributed by atoms with Crippen molar-refractivity contribution in [2.45, 2.75) is 56.5 Å². The van der Waals surface area contributed by atoms with Crippen LogP contribution < -0.4 is 14.8 Å². The summed E-state index contributed by atoms with van der Waals surface area (Å²) in [6, 6.07) is 11.2. The molecule has 0 aliphatic carbocycles. The number of carbonyl (C=O) groups excluding carboxylic acids is 1. The maximum Gasteiger partial charge on any atom is 0.240 e. The SMILES string of the molecule is Cc1ccc(C)c(S(=O)(=O)NCCC(=O)NCc2cccc(S(=O)(=O)NC(C)C)c2)c1. The minimum absolute atomic E-state index is 0.0447. The first-order chi connectivity index (χ1) is 14.4. The molecule has 0 aromatic heterocycles. The lowest BCUT2D eigenvalue weighted by Crippen LogP contribution is -2.31. The fraction of sp³-hybridized carbons (Fsp3) is 0.381. The molecule has 3 N–H and O–H groups in total. The predicted octanol–water partition coefficient (Wildman–Crippen LogP) is 1.97. The highest BCUT2D eigenvalue weighted by Crippen LogP contribution is 2.16. The van der Waals surface area contributed by atoms with E-state index in [1.54, 1.807) is 45.0 Å². The average Bonchev–Trinajstić information content (AvgIpc) is 2.67. The Morgan fingerprint density at radius 2 is 1.68 bits per heavy atom. The highest BCUT2D eigenvalue weighted by Gasteiger charge is 2.18. The van der Waals surface area contributed by atoms with E-state index in [0.29, 0.717) is 11.1 Å².